The van der Waals surface area contributed by atoms with Gasteiger partial charge < -0.3 is 19.5 Å². The Kier molecular flexibility index (Phi) is 5.08. The highest BCUT2D eigenvalue weighted by Crippen LogP contribution is 2.27. The summed E-state index contributed by atoms with van der Waals surface area (Å²) in [5, 5.41) is 13.5. The molecule has 0 atom stereocenters. The Morgan fingerprint density at radius 2 is 1.85 bits per heavy atom. The van der Waals surface area contributed by atoms with E-state index < -0.39 is 11.0 Å². The van der Waals surface area contributed by atoms with Crippen LogP contribution < -0.4 is 5.32 Å². The topological polar surface area (TPSA) is 109 Å². The molecule has 1 fully saturated rings. The normalized spacial score (nSPS) is 14.2. The van der Waals surface area contributed by atoms with Crippen molar-refractivity contribution in [2.45, 2.75) is 0 Å². The van der Waals surface area contributed by atoms with Crippen molar-refractivity contribution in [2.24, 2.45) is 0 Å². The number of hydrogen-bond acceptors (Lipinski definition) is 5. The molecule has 2 aromatic rings. The zero-order valence-corrected chi connectivity index (χ0v) is 14.3. The number of halogens is 1. The molecule has 1 aromatic heterocycles. The highest BCUT2D eigenvalue weighted by Gasteiger charge is 2.26. The van der Waals surface area contributed by atoms with Gasteiger partial charge in [0.2, 0.25) is 0 Å². The number of urea groups is 1. The number of piperazine rings is 1. The lowest BCUT2D eigenvalue weighted by atomic mass is 10.2. The highest BCUT2D eigenvalue weighted by molar-refractivity contribution is 6.32. The highest BCUT2D eigenvalue weighted by atomic mass is 35.5. The minimum atomic E-state index is -0.614. The summed E-state index contributed by atoms with van der Waals surface area (Å²) in [6, 6.07) is 6.89. The van der Waals surface area contributed by atoms with E-state index in [0.717, 1.165) is 0 Å². The molecule has 1 N–H and O–H groups in total. The van der Waals surface area contributed by atoms with Crippen LogP contribution in [0.4, 0.5) is 16.2 Å². The van der Waals surface area contributed by atoms with Gasteiger partial charge in [-0.05, 0) is 24.3 Å². The van der Waals surface area contributed by atoms with Gasteiger partial charge in [0.15, 0.2) is 5.76 Å². The molecule has 0 saturated carbocycles. The van der Waals surface area contributed by atoms with Gasteiger partial charge in [-0.2, -0.15) is 0 Å². The molecule has 3 amide bonds. The zero-order valence-electron chi connectivity index (χ0n) is 13.6. The van der Waals surface area contributed by atoms with Gasteiger partial charge in [-0.15, -0.1) is 0 Å². The Balaban J connectivity index is 1.58. The molecule has 0 bridgehead atoms. The Hall–Kier alpha value is -3.07. The van der Waals surface area contributed by atoms with Crippen molar-refractivity contribution in [3.63, 3.8) is 0 Å². The quantitative estimate of drug-likeness (QED) is 0.652. The van der Waals surface area contributed by atoms with E-state index in [4.69, 9.17) is 16.0 Å². The molecule has 1 saturated heterocycles. The van der Waals surface area contributed by atoms with Crippen molar-refractivity contribution >= 4 is 34.9 Å². The molecule has 0 spiro atoms. The van der Waals surface area contributed by atoms with Crippen LogP contribution in [-0.2, 0) is 0 Å². The number of carbonyl (C=O) groups excluding carboxylic acids is 2. The van der Waals surface area contributed by atoms with Gasteiger partial charge in [0, 0.05) is 37.9 Å². The fraction of sp³-hybridized carbons (Fsp3) is 0.250. The average molecular weight is 379 g/mol. The van der Waals surface area contributed by atoms with Crippen LogP contribution in [0.25, 0.3) is 0 Å². The number of rotatable bonds is 3. The van der Waals surface area contributed by atoms with E-state index in [1.807, 2.05) is 0 Å². The number of nitrogens with one attached hydrogen (secondary N) is 1. The van der Waals surface area contributed by atoms with Crippen LogP contribution >= 0.6 is 11.6 Å². The minimum absolute atomic E-state index is 0.00180. The average Bonchev–Trinajstić information content (AvgIpc) is 3.17. The Morgan fingerprint density at radius 1 is 1.15 bits per heavy atom. The van der Waals surface area contributed by atoms with E-state index in [9.17, 15) is 19.7 Å². The first-order valence-electron chi connectivity index (χ1n) is 7.78. The Labute approximate surface area is 153 Å². The number of nitro groups is 1. The summed E-state index contributed by atoms with van der Waals surface area (Å²) in [7, 11) is 0. The van der Waals surface area contributed by atoms with Gasteiger partial charge in [-0.1, -0.05) is 11.6 Å². The number of carbonyl (C=O) groups is 2. The molecule has 1 aliphatic rings. The van der Waals surface area contributed by atoms with Gasteiger partial charge in [0.05, 0.1) is 11.2 Å². The number of amides is 3. The zero-order chi connectivity index (χ0) is 18.7. The molecule has 2 heterocycles. The number of hydrogen-bond donors (Lipinski definition) is 1. The van der Waals surface area contributed by atoms with Crippen LogP contribution in [0.1, 0.15) is 10.6 Å². The van der Waals surface area contributed by atoms with Crippen molar-refractivity contribution in [1.82, 2.24) is 9.80 Å². The summed E-state index contributed by atoms with van der Waals surface area (Å²) in [6.07, 6.45) is 1.43. The van der Waals surface area contributed by atoms with Gasteiger partial charge in [0.1, 0.15) is 5.02 Å². The lowest BCUT2D eigenvalue weighted by molar-refractivity contribution is -0.384. The predicted octanol–water partition coefficient (Wildman–Crippen LogP) is 2.83. The maximum Gasteiger partial charge on any atom is 0.321 e. The van der Waals surface area contributed by atoms with Crippen LogP contribution in [0.3, 0.4) is 0 Å². The third-order valence-corrected chi connectivity index (χ3v) is 4.30. The van der Waals surface area contributed by atoms with E-state index in [-0.39, 0.29) is 28.1 Å². The van der Waals surface area contributed by atoms with E-state index in [1.165, 1.54) is 29.4 Å². The molecular weight excluding hydrogens is 364 g/mol. The summed E-state index contributed by atoms with van der Waals surface area (Å²) in [4.78, 5) is 38.0. The SMILES string of the molecule is O=C(Nc1ccc(Cl)c([N+](=O)[O-])c1)N1CCN(C(=O)c2ccco2)CC1. The fourth-order valence-electron chi connectivity index (χ4n) is 2.60. The maximum atomic E-state index is 12.3. The molecule has 136 valence electrons. The number of nitro benzene ring substituents is 1. The van der Waals surface area contributed by atoms with Crippen molar-refractivity contribution in [2.75, 3.05) is 31.5 Å². The van der Waals surface area contributed by atoms with Crippen molar-refractivity contribution in [3.8, 4) is 0 Å². The summed E-state index contributed by atoms with van der Waals surface area (Å²) in [5.41, 5.74) is -0.00137. The third kappa shape index (κ3) is 3.77. The number of nitrogens with zero attached hydrogens (tertiary/aromatic N) is 3. The van der Waals surface area contributed by atoms with Gasteiger partial charge >= 0.3 is 6.03 Å². The molecule has 3 rings (SSSR count). The first-order valence-corrected chi connectivity index (χ1v) is 8.16. The monoisotopic (exact) mass is 378 g/mol. The largest absolute Gasteiger partial charge is 0.459 e. The molecule has 10 heteroatoms. The first-order chi connectivity index (χ1) is 12.5. The van der Waals surface area contributed by atoms with Crippen LogP contribution in [0, 0.1) is 10.1 Å². The summed E-state index contributed by atoms with van der Waals surface area (Å²) in [6.45, 7) is 1.42. The van der Waals surface area contributed by atoms with Gasteiger partial charge in [-0.3, -0.25) is 14.9 Å². The fourth-order valence-corrected chi connectivity index (χ4v) is 2.79. The standard InChI is InChI=1S/C16H15ClN4O5/c17-12-4-3-11(10-13(12)21(24)25)18-16(23)20-7-5-19(6-8-20)15(22)14-2-1-9-26-14/h1-4,9-10H,5-8H2,(H,18,23). The molecule has 9 nitrogen and oxygen atoms in total. The van der Waals surface area contributed by atoms with E-state index in [2.05, 4.69) is 5.32 Å². The first kappa shape index (κ1) is 17.7. The minimum Gasteiger partial charge on any atom is -0.459 e. The lowest BCUT2D eigenvalue weighted by Gasteiger charge is -2.34. The Bertz CT molecular complexity index is 831. The molecule has 0 aliphatic carbocycles. The van der Waals surface area contributed by atoms with E-state index in [0.29, 0.717) is 26.2 Å². The molecular formula is C16H15ClN4O5. The third-order valence-electron chi connectivity index (χ3n) is 3.98. The Morgan fingerprint density at radius 3 is 2.46 bits per heavy atom. The number of benzene rings is 1. The lowest BCUT2D eigenvalue weighted by Crippen LogP contribution is -2.51. The molecule has 0 unspecified atom stereocenters. The van der Waals surface area contributed by atoms with Crippen LogP contribution in [0.15, 0.2) is 41.0 Å². The van der Waals surface area contributed by atoms with Crippen LogP contribution in [-0.4, -0.2) is 52.8 Å². The number of furan rings is 1. The second-order valence-electron chi connectivity index (χ2n) is 5.61. The summed E-state index contributed by atoms with van der Waals surface area (Å²) < 4.78 is 5.09. The van der Waals surface area contributed by atoms with Gasteiger partial charge in [-0.25, -0.2) is 4.79 Å². The molecule has 0 radical (unpaired) electrons. The van der Waals surface area contributed by atoms with Crippen LogP contribution in [0.2, 0.25) is 5.02 Å². The summed E-state index contributed by atoms with van der Waals surface area (Å²) >= 11 is 5.75. The van der Waals surface area contributed by atoms with Crippen LogP contribution in [0.5, 0.6) is 0 Å². The summed E-state index contributed by atoms with van der Waals surface area (Å²) in [5.74, 6) is 0.0414. The molecule has 1 aliphatic heterocycles. The van der Waals surface area contributed by atoms with E-state index >= 15 is 0 Å². The predicted molar refractivity (Wildman–Crippen MR) is 93.3 cm³/mol. The number of anilines is 1. The second kappa shape index (κ2) is 7.44. The van der Waals surface area contributed by atoms with E-state index in [1.54, 1.807) is 17.0 Å². The molecule has 26 heavy (non-hydrogen) atoms. The van der Waals surface area contributed by atoms with Crippen molar-refractivity contribution < 1.29 is 18.9 Å². The van der Waals surface area contributed by atoms with Crippen molar-refractivity contribution in [3.05, 3.63) is 57.5 Å². The second-order valence-corrected chi connectivity index (χ2v) is 6.02. The van der Waals surface area contributed by atoms with Gasteiger partial charge in [0.25, 0.3) is 11.6 Å². The van der Waals surface area contributed by atoms with Crippen molar-refractivity contribution in [1.29, 1.82) is 0 Å². The smallest absolute Gasteiger partial charge is 0.321 e. The molecule has 1 aromatic carbocycles. The maximum absolute atomic E-state index is 12.3.